The largest absolute Gasteiger partial charge is 0.480 e. The van der Waals surface area contributed by atoms with Crippen LogP contribution in [0.1, 0.15) is 40.0 Å². The summed E-state index contributed by atoms with van der Waals surface area (Å²) in [5, 5.41) is 11.8. The van der Waals surface area contributed by atoms with Crippen molar-refractivity contribution >= 4 is 24.3 Å². The monoisotopic (exact) mass is 349 g/mol. The summed E-state index contributed by atoms with van der Waals surface area (Å²) < 4.78 is 0. The second kappa shape index (κ2) is 10.1. The molecule has 7 heteroatoms. The number of amides is 1. The molecule has 0 aromatic rings. The highest BCUT2D eigenvalue weighted by molar-refractivity contribution is 5.85. The second-order valence-corrected chi connectivity index (χ2v) is 7.48. The third-order valence-electron chi connectivity index (χ3n) is 4.13. The topological polar surface area (TPSA) is 72.9 Å². The fraction of sp³-hybridized carbons (Fsp3) is 0.875. The van der Waals surface area contributed by atoms with Gasteiger partial charge in [-0.15, -0.1) is 12.4 Å². The van der Waals surface area contributed by atoms with E-state index in [-0.39, 0.29) is 30.3 Å². The number of halogens is 1. The summed E-state index contributed by atoms with van der Waals surface area (Å²) in [6.45, 7) is 9.44. The molecular weight excluding hydrogens is 318 g/mol. The van der Waals surface area contributed by atoms with Gasteiger partial charge >= 0.3 is 5.97 Å². The molecule has 136 valence electrons. The molecule has 0 aliphatic carbocycles. The summed E-state index contributed by atoms with van der Waals surface area (Å²) in [5.74, 6) is -0.704. The molecule has 1 heterocycles. The zero-order chi connectivity index (χ0) is 16.8. The first-order valence-corrected chi connectivity index (χ1v) is 8.08. The highest BCUT2D eigenvalue weighted by Gasteiger charge is 2.24. The Morgan fingerprint density at radius 3 is 2.30 bits per heavy atom. The molecule has 1 fully saturated rings. The lowest BCUT2D eigenvalue weighted by atomic mass is 9.92. The van der Waals surface area contributed by atoms with Gasteiger partial charge in [-0.2, -0.15) is 0 Å². The molecule has 0 unspecified atom stereocenters. The van der Waals surface area contributed by atoms with Crippen LogP contribution < -0.4 is 5.32 Å². The average molecular weight is 350 g/mol. The van der Waals surface area contributed by atoms with E-state index >= 15 is 0 Å². The Hall–Kier alpha value is -0.850. The molecule has 2 N–H and O–H groups in total. The summed E-state index contributed by atoms with van der Waals surface area (Å²) in [6, 6.07) is 0.302. The first-order valence-electron chi connectivity index (χ1n) is 8.08. The number of hydrogen-bond acceptors (Lipinski definition) is 4. The highest BCUT2D eigenvalue weighted by atomic mass is 35.5. The summed E-state index contributed by atoms with van der Waals surface area (Å²) >= 11 is 0. The van der Waals surface area contributed by atoms with E-state index < -0.39 is 5.97 Å². The molecule has 0 saturated carbocycles. The first-order chi connectivity index (χ1) is 10.2. The zero-order valence-electron chi connectivity index (χ0n) is 14.8. The molecule has 0 aromatic heterocycles. The second-order valence-electron chi connectivity index (χ2n) is 7.48. The number of rotatable bonds is 7. The average Bonchev–Trinajstić information content (AvgIpc) is 2.37. The van der Waals surface area contributed by atoms with Gasteiger partial charge in [0.05, 0.1) is 13.1 Å². The summed E-state index contributed by atoms with van der Waals surface area (Å²) in [4.78, 5) is 26.7. The number of carboxylic acid groups (broad SMARTS) is 1. The van der Waals surface area contributed by atoms with Gasteiger partial charge in [-0.25, -0.2) is 0 Å². The fourth-order valence-corrected chi connectivity index (χ4v) is 2.70. The van der Waals surface area contributed by atoms with Crippen LogP contribution in [0.5, 0.6) is 0 Å². The Morgan fingerprint density at radius 2 is 1.83 bits per heavy atom. The maximum absolute atomic E-state index is 11.9. The van der Waals surface area contributed by atoms with Crippen molar-refractivity contribution in [2.75, 3.05) is 39.8 Å². The van der Waals surface area contributed by atoms with E-state index in [0.717, 1.165) is 38.9 Å². The molecule has 1 amide bonds. The summed E-state index contributed by atoms with van der Waals surface area (Å²) in [6.07, 6.45) is 2.80. The van der Waals surface area contributed by atoms with Crippen LogP contribution >= 0.6 is 12.4 Å². The minimum atomic E-state index is -0.789. The predicted octanol–water partition coefficient (Wildman–Crippen LogP) is 1.44. The predicted molar refractivity (Wildman–Crippen MR) is 94.1 cm³/mol. The van der Waals surface area contributed by atoms with Crippen molar-refractivity contribution < 1.29 is 14.7 Å². The van der Waals surface area contributed by atoms with E-state index in [0.29, 0.717) is 12.6 Å². The number of likely N-dealkylation sites (tertiary alicyclic amines) is 1. The molecule has 1 aliphatic heterocycles. The van der Waals surface area contributed by atoms with Crippen molar-refractivity contribution in [3.63, 3.8) is 0 Å². The number of hydrogen-bond donors (Lipinski definition) is 2. The van der Waals surface area contributed by atoms with Crippen molar-refractivity contribution in [1.82, 2.24) is 15.1 Å². The third kappa shape index (κ3) is 9.79. The van der Waals surface area contributed by atoms with E-state index in [1.165, 1.54) is 0 Å². The van der Waals surface area contributed by atoms with Crippen LogP contribution in [0.25, 0.3) is 0 Å². The summed E-state index contributed by atoms with van der Waals surface area (Å²) in [5.41, 5.74) is 0.236. The standard InChI is InChI=1S/C16H31N3O3.ClH/c1-16(2,3)7-8-17-14(20)11-19-9-5-13(6-10-19)18(4)12-15(21)22;/h13H,5-12H2,1-4H3,(H,17,20)(H,21,22);1H. The van der Waals surface area contributed by atoms with E-state index in [9.17, 15) is 9.59 Å². The summed E-state index contributed by atoms with van der Waals surface area (Å²) in [7, 11) is 1.85. The lowest BCUT2D eigenvalue weighted by Crippen LogP contribution is -2.47. The van der Waals surface area contributed by atoms with Crippen molar-refractivity contribution in [3.05, 3.63) is 0 Å². The van der Waals surface area contributed by atoms with Crippen molar-refractivity contribution in [2.24, 2.45) is 5.41 Å². The van der Waals surface area contributed by atoms with Gasteiger partial charge in [0.25, 0.3) is 0 Å². The third-order valence-corrected chi connectivity index (χ3v) is 4.13. The minimum absolute atomic E-state index is 0. The van der Waals surface area contributed by atoms with Gasteiger partial charge in [0.2, 0.25) is 5.91 Å². The van der Waals surface area contributed by atoms with Crippen molar-refractivity contribution in [3.8, 4) is 0 Å². The van der Waals surface area contributed by atoms with Crippen LogP contribution in [0.2, 0.25) is 0 Å². The SMILES string of the molecule is CN(CC(=O)O)C1CCN(CC(=O)NCCC(C)(C)C)CC1.Cl. The highest BCUT2D eigenvalue weighted by Crippen LogP contribution is 2.17. The van der Waals surface area contributed by atoms with Crippen LogP contribution in [0.15, 0.2) is 0 Å². The molecule has 0 spiro atoms. The Bertz CT molecular complexity index is 377. The smallest absolute Gasteiger partial charge is 0.317 e. The van der Waals surface area contributed by atoms with E-state index in [4.69, 9.17) is 5.11 Å². The number of carbonyl (C=O) groups is 2. The fourth-order valence-electron chi connectivity index (χ4n) is 2.70. The lowest BCUT2D eigenvalue weighted by Gasteiger charge is -2.35. The molecule has 23 heavy (non-hydrogen) atoms. The molecule has 0 atom stereocenters. The zero-order valence-corrected chi connectivity index (χ0v) is 15.6. The van der Waals surface area contributed by atoms with Crippen LogP contribution in [-0.2, 0) is 9.59 Å². The van der Waals surface area contributed by atoms with Gasteiger partial charge < -0.3 is 10.4 Å². The number of nitrogens with one attached hydrogen (secondary N) is 1. The van der Waals surface area contributed by atoms with E-state index in [1.807, 2.05) is 11.9 Å². The Balaban J connectivity index is 0.00000484. The number of nitrogens with zero attached hydrogens (tertiary/aromatic N) is 2. The van der Waals surface area contributed by atoms with Gasteiger partial charge in [-0.3, -0.25) is 19.4 Å². The molecule has 0 bridgehead atoms. The van der Waals surface area contributed by atoms with Crippen LogP contribution in [0, 0.1) is 5.41 Å². The normalized spacial score (nSPS) is 16.9. The number of carbonyl (C=O) groups excluding carboxylic acids is 1. The maximum Gasteiger partial charge on any atom is 0.317 e. The van der Waals surface area contributed by atoms with E-state index in [1.54, 1.807) is 0 Å². The quantitative estimate of drug-likeness (QED) is 0.727. The molecule has 1 saturated heterocycles. The van der Waals surface area contributed by atoms with Gasteiger partial charge in [0.1, 0.15) is 0 Å². The number of likely N-dealkylation sites (N-methyl/N-ethyl adjacent to an activating group) is 1. The first kappa shape index (κ1) is 22.1. The molecule has 1 aliphatic rings. The van der Waals surface area contributed by atoms with Crippen LogP contribution in [0.4, 0.5) is 0 Å². The van der Waals surface area contributed by atoms with Crippen molar-refractivity contribution in [1.29, 1.82) is 0 Å². The Labute approximate surface area is 146 Å². The van der Waals surface area contributed by atoms with Crippen LogP contribution in [-0.4, -0.2) is 72.6 Å². The van der Waals surface area contributed by atoms with Gasteiger partial charge in [-0.05, 0) is 31.7 Å². The molecule has 1 rings (SSSR count). The molecule has 0 radical (unpaired) electrons. The molecule has 6 nitrogen and oxygen atoms in total. The van der Waals surface area contributed by atoms with Gasteiger partial charge in [0.15, 0.2) is 0 Å². The lowest BCUT2D eigenvalue weighted by molar-refractivity contribution is -0.138. The van der Waals surface area contributed by atoms with Gasteiger partial charge in [-0.1, -0.05) is 20.8 Å². The minimum Gasteiger partial charge on any atom is -0.480 e. The van der Waals surface area contributed by atoms with Crippen LogP contribution in [0.3, 0.4) is 0 Å². The van der Waals surface area contributed by atoms with Gasteiger partial charge in [0, 0.05) is 25.7 Å². The Kier molecular flexibility index (Phi) is 9.73. The Morgan fingerprint density at radius 1 is 1.26 bits per heavy atom. The van der Waals surface area contributed by atoms with E-state index in [2.05, 4.69) is 31.0 Å². The molecular formula is C16H32ClN3O3. The maximum atomic E-state index is 11.9. The van der Waals surface area contributed by atoms with Crippen molar-refractivity contribution in [2.45, 2.75) is 46.1 Å². The molecule has 0 aromatic carbocycles. The number of piperidine rings is 1. The number of aliphatic carboxylic acids is 1. The number of carboxylic acids is 1.